The van der Waals surface area contributed by atoms with Crippen LogP contribution in [0.4, 0.5) is 23.4 Å². The number of nitrogens with two attached hydrogens (primary N) is 1. The van der Waals surface area contributed by atoms with E-state index in [-0.39, 0.29) is 28.3 Å². The molecule has 0 saturated carbocycles. The van der Waals surface area contributed by atoms with Crippen LogP contribution < -0.4 is 21.1 Å². The van der Waals surface area contributed by atoms with Gasteiger partial charge in [0.05, 0.1) is 18.4 Å². The first-order chi connectivity index (χ1) is 17.1. The second-order valence-corrected chi connectivity index (χ2v) is 8.85. The van der Waals surface area contributed by atoms with Crippen molar-refractivity contribution in [1.82, 2.24) is 19.3 Å². The minimum Gasteiger partial charge on any atom is -0.451 e. The number of hydrogen-bond donors (Lipinski definition) is 1. The Hall–Kier alpha value is -4.19. The first kappa shape index (κ1) is 23.5. The molecule has 0 bridgehead atoms. The van der Waals surface area contributed by atoms with Gasteiger partial charge in [-0.1, -0.05) is 6.07 Å². The van der Waals surface area contributed by atoms with E-state index in [2.05, 4.69) is 10.1 Å². The quantitative estimate of drug-likeness (QED) is 0.409. The second-order valence-electron chi connectivity index (χ2n) is 8.85. The molecule has 0 aliphatic carbocycles. The summed E-state index contributed by atoms with van der Waals surface area (Å²) in [6.07, 6.45) is 2.07. The third kappa shape index (κ3) is 4.42. The van der Waals surface area contributed by atoms with E-state index in [0.717, 1.165) is 40.0 Å². The molecule has 5 rings (SSSR count). The maximum atomic E-state index is 14.8. The maximum Gasteiger partial charge on any atom is 0.350 e. The molecule has 1 aliphatic rings. The molecule has 0 radical (unpaired) electrons. The Kier molecular flexibility index (Phi) is 5.75. The van der Waals surface area contributed by atoms with Crippen LogP contribution in [-0.2, 0) is 6.54 Å². The summed E-state index contributed by atoms with van der Waals surface area (Å²) in [4.78, 5) is 18.6. The summed E-state index contributed by atoms with van der Waals surface area (Å²) in [7, 11) is 0. The number of aromatic nitrogens is 4. The van der Waals surface area contributed by atoms with Gasteiger partial charge in [0.25, 0.3) is 0 Å². The summed E-state index contributed by atoms with van der Waals surface area (Å²) in [5, 5.41) is 3.90. The smallest absolute Gasteiger partial charge is 0.350 e. The van der Waals surface area contributed by atoms with Gasteiger partial charge in [0.2, 0.25) is 0 Å². The van der Waals surface area contributed by atoms with Crippen molar-refractivity contribution in [3.8, 4) is 17.2 Å². The van der Waals surface area contributed by atoms with Gasteiger partial charge in [0.1, 0.15) is 23.8 Å². The Morgan fingerprint density at radius 3 is 2.39 bits per heavy atom. The van der Waals surface area contributed by atoms with Gasteiger partial charge in [-0.25, -0.2) is 27.3 Å². The molecule has 0 unspecified atom stereocenters. The zero-order valence-electron chi connectivity index (χ0n) is 19.0. The van der Waals surface area contributed by atoms with Gasteiger partial charge in [0.15, 0.2) is 23.1 Å². The van der Waals surface area contributed by atoms with Crippen molar-refractivity contribution in [2.75, 3.05) is 18.0 Å². The highest BCUT2D eigenvalue weighted by Crippen LogP contribution is 2.32. The molecular formula is C24H20F4N6O2. The topological polar surface area (TPSA) is 91.2 Å². The lowest BCUT2D eigenvalue weighted by molar-refractivity contribution is 0.361. The highest BCUT2D eigenvalue weighted by Gasteiger charge is 2.36. The molecule has 1 saturated heterocycles. The SMILES string of the molecule is CC1(N)CN(c2cc(Oc3ccc(-n4ncn(Cc5c(F)cccc5F)c4=O)cc3F)c(F)cn2)C1. The highest BCUT2D eigenvalue weighted by molar-refractivity contribution is 5.49. The summed E-state index contributed by atoms with van der Waals surface area (Å²) < 4.78 is 64.3. The van der Waals surface area contributed by atoms with Gasteiger partial charge in [0, 0.05) is 36.3 Å². The molecule has 1 aliphatic heterocycles. The van der Waals surface area contributed by atoms with Gasteiger partial charge in [-0.05, 0) is 31.2 Å². The molecule has 0 amide bonds. The van der Waals surface area contributed by atoms with Crippen molar-refractivity contribution in [2.45, 2.75) is 19.0 Å². The molecule has 0 spiro atoms. The molecule has 3 heterocycles. The number of benzene rings is 2. The van der Waals surface area contributed by atoms with Crippen LogP contribution in [-0.4, -0.2) is 38.0 Å². The van der Waals surface area contributed by atoms with E-state index in [1.54, 1.807) is 0 Å². The van der Waals surface area contributed by atoms with Gasteiger partial charge in [-0.2, -0.15) is 9.78 Å². The number of halogens is 4. The zero-order chi connectivity index (χ0) is 25.6. The minimum atomic E-state index is -0.884. The van der Waals surface area contributed by atoms with E-state index >= 15 is 0 Å². The minimum absolute atomic E-state index is 0.0382. The first-order valence-electron chi connectivity index (χ1n) is 10.9. The molecule has 1 fully saturated rings. The molecular weight excluding hydrogens is 480 g/mol. The van der Waals surface area contributed by atoms with Crippen molar-refractivity contribution in [1.29, 1.82) is 0 Å². The van der Waals surface area contributed by atoms with E-state index in [1.807, 2.05) is 11.8 Å². The predicted molar refractivity (Wildman–Crippen MR) is 122 cm³/mol. The molecule has 0 atom stereocenters. The standard InChI is InChI=1S/C24H20F4N6O2/c1-24(29)11-33(12-24)22-8-21(19(28)9-30-22)36-20-6-5-14(7-18(20)27)34-23(35)32(13-31-34)10-15-16(25)3-2-4-17(15)26/h2-9,13H,10-12,29H2,1H3. The van der Waals surface area contributed by atoms with Crippen molar-refractivity contribution < 1.29 is 22.3 Å². The van der Waals surface area contributed by atoms with Crippen LogP contribution in [0.15, 0.2) is 59.8 Å². The Labute approximate surface area is 202 Å². The molecule has 186 valence electrons. The van der Waals surface area contributed by atoms with Crippen molar-refractivity contribution in [2.24, 2.45) is 5.73 Å². The number of ether oxygens (including phenoxy) is 1. The third-order valence-corrected chi connectivity index (χ3v) is 5.74. The number of pyridine rings is 1. The maximum absolute atomic E-state index is 14.8. The van der Waals surface area contributed by atoms with Crippen molar-refractivity contribution in [3.05, 3.63) is 94.3 Å². The molecule has 4 aromatic rings. The summed E-state index contributed by atoms with van der Waals surface area (Å²) in [6, 6.07) is 8.26. The van der Waals surface area contributed by atoms with E-state index in [4.69, 9.17) is 10.5 Å². The normalized spacial score (nSPS) is 14.6. The average Bonchev–Trinajstić information content (AvgIpc) is 3.17. The monoisotopic (exact) mass is 500 g/mol. The fourth-order valence-corrected chi connectivity index (χ4v) is 3.95. The highest BCUT2D eigenvalue weighted by atomic mass is 19.1. The average molecular weight is 500 g/mol. The van der Waals surface area contributed by atoms with E-state index in [0.29, 0.717) is 18.9 Å². The molecule has 36 heavy (non-hydrogen) atoms. The lowest BCUT2D eigenvalue weighted by Gasteiger charge is -2.46. The van der Waals surface area contributed by atoms with Crippen LogP contribution >= 0.6 is 0 Å². The Morgan fingerprint density at radius 1 is 1.00 bits per heavy atom. The molecule has 2 N–H and O–H groups in total. The Bertz CT molecular complexity index is 1490. The predicted octanol–water partition coefficient (Wildman–Crippen LogP) is 3.36. The van der Waals surface area contributed by atoms with E-state index < -0.39 is 35.5 Å². The van der Waals surface area contributed by atoms with E-state index in [9.17, 15) is 22.4 Å². The number of anilines is 1. The van der Waals surface area contributed by atoms with Crippen LogP contribution in [0.25, 0.3) is 5.69 Å². The Balaban J connectivity index is 1.37. The molecule has 2 aromatic carbocycles. The van der Waals surface area contributed by atoms with Gasteiger partial charge in [-0.3, -0.25) is 4.57 Å². The third-order valence-electron chi connectivity index (χ3n) is 5.74. The zero-order valence-corrected chi connectivity index (χ0v) is 19.0. The van der Waals surface area contributed by atoms with Crippen LogP contribution in [0.1, 0.15) is 12.5 Å². The van der Waals surface area contributed by atoms with Crippen molar-refractivity contribution in [3.63, 3.8) is 0 Å². The molecule has 2 aromatic heterocycles. The number of nitrogens with zero attached hydrogens (tertiary/aromatic N) is 5. The summed E-state index contributed by atoms with van der Waals surface area (Å²) in [6.45, 7) is 2.54. The lowest BCUT2D eigenvalue weighted by atomic mass is 9.94. The largest absolute Gasteiger partial charge is 0.451 e. The lowest BCUT2D eigenvalue weighted by Crippen LogP contribution is -2.65. The van der Waals surface area contributed by atoms with Crippen molar-refractivity contribution >= 4 is 5.82 Å². The number of rotatable bonds is 6. The molecule has 8 nitrogen and oxygen atoms in total. The fourth-order valence-electron chi connectivity index (χ4n) is 3.95. The molecule has 12 heteroatoms. The fraction of sp³-hybridized carbons (Fsp3) is 0.208. The van der Waals surface area contributed by atoms with E-state index in [1.165, 1.54) is 24.3 Å². The van der Waals surface area contributed by atoms with Gasteiger partial charge < -0.3 is 15.4 Å². The van der Waals surface area contributed by atoms with Crippen LogP contribution in [0.2, 0.25) is 0 Å². The van der Waals surface area contributed by atoms with Gasteiger partial charge >= 0.3 is 5.69 Å². The summed E-state index contributed by atoms with van der Waals surface area (Å²) in [5.41, 5.74) is 4.63. The van der Waals surface area contributed by atoms with Crippen LogP contribution in [0.3, 0.4) is 0 Å². The summed E-state index contributed by atoms with van der Waals surface area (Å²) >= 11 is 0. The first-order valence-corrected chi connectivity index (χ1v) is 10.9. The summed E-state index contributed by atoms with van der Waals surface area (Å²) in [5.74, 6) is -3.36. The number of hydrogen-bond acceptors (Lipinski definition) is 6. The van der Waals surface area contributed by atoms with Crippen LogP contribution in [0, 0.1) is 23.3 Å². The Morgan fingerprint density at radius 2 is 1.72 bits per heavy atom. The van der Waals surface area contributed by atoms with Crippen LogP contribution in [0.5, 0.6) is 11.5 Å². The second kappa shape index (κ2) is 8.79. The van der Waals surface area contributed by atoms with Gasteiger partial charge in [-0.15, -0.1) is 0 Å².